The van der Waals surface area contributed by atoms with Gasteiger partial charge in [-0.05, 0) is 30.4 Å². The highest BCUT2D eigenvalue weighted by Gasteiger charge is 2.40. The van der Waals surface area contributed by atoms with Crippen LogP contribution in [0, 0.1) is 5.92 Å². The Morgan fingerprint density at radius 3 is 2.75 bits per heavy atom. The highest BCUT2D eigenvalue weighted by atomic mass is 16.2. The summed E-state index contributed by atoms with van der Waals surface area (Å²) in [4.78, 5) is 43.0. The van der Waals surface area contributed by atoms with Crippen molar-refractivity contribution in [3.05, 3.63) is 33.7 Å². The highest BCUT2D eigenvalue weighted by Crippen LogP contribution is 2.31. The minimum absolute atomic E-state index is 0.0840. The number of pyridine rings is 1. The number of H-pyrrole nitrogens is 1. The molecule has 1 unspecified atom stereocenters. The smallest absolute Gasteiger partial charge is 0.248 e. The van der Waals surface area contributed by atoms with Crippen LogP contribution in [0.3, 0.4) is 0 Å². The molecule has 128 valence electrons. The van der Waals surface area contributed by atoms with Crippen molar-refractivity contribution in [2.45, 2.75) is 51.1 Å². The summed E-state index contributed by atoms with van der Waals surface area (Å²) in [6.07, 6.45) is 7.31. The van der Waals surface area contributed by atoms with E-state index in [1.54, 1.807) is 12.3 Å². The molecule has 1 aromatic rings. The van der Waals surface area contributed by atoms with Gasteiger partial charge in [-0.2, -0.15) is 0 Å². The van der Waals surface area contributed by atoms with E-state index in [-0.39, 0.29) is 23.3 Å². The molecule has 1 N–H and O–H groups in total. The number of carbonyl (C=O) groups excluding carboxylic acids is 2. The van der Waals surface area contributed by atoms with E-state index < -0.39 is 0 Å². The van der Waals surface area contributed by atoms with Gasteiger partial charge in [0, 0.05) is 44.4 Å². The minimum atomic E-state index is -0.206. The SMILES string of the molecule is O=C(C1CC(=O)N(C2CCCC2)C1)N1CCc2cc(=O)[nH]cc2C1. The Labute approximate surface area is 140 Å². The number of likely N-dealkylation sites (tertiary alicyclic amines) is 1. The van der Waals surface area contributed by atoms with Gasteiger partial charge in [-0.25, -0.2) is 0 Å². The Morgan fingerprint density at radius 1 is 1.17 bits per heavy atom. The molecule has 2 amide bonds. The third-order valence-corrected chi connectivity index (χ3v) is 5.70. The van der Waals surface area contributed by atoms with Gasteiger partial charge in [-0.3, -0.25) is 14.4 Å². The molecule has 1 saturated heterocycles. The van der Waals surface area contributed by atoms with Gasteiger partial charge in [0.25, 0.3) is 0 Å². The van der Waals surface area contributed by atoms with Crippen LogP contribution in [0.2, 0.25) is 0 Å². The lowest BCUT2D eigenvalue weighted by atomic mass is 9.99. The summed E-state index contributed by atoms with van der Waals surface area (Å²) in [5, 5.41) is 0. The lowest BCUT2D eigenvalue weighted by molar-refractivity contribution is -0.136. The molecule has 0 bridgehead atoms. The monoisotopic (exact) mass is 329 g/mol. The van der Waals surface area contributed by atoms with Gasteiger partial charge in [-0.1, -0.05) is 12.8 Å². The normalized spacial score (nSPS) is 24.5. The van der Waals surface area contributed by atoms with Crippen molar-refractivity contribution < 1.29 is 9.59 Å². The Bertz CT molecular complexity index is 720. The molecule has 0 aromatic carbocycles. The Kier molecular flexibility index (Phi) is 3.90. The zero-order chi connectivity index (χ0) is 16.7. The fourth-order valence-corrected chi connectivity index (χ4v) is 4.38. The summed E-state index contributed by atoms with van der Waals surface area (Å²) in [5.41, 5.74) is 1.94. The number of nitrogens with zero attached hydrogens (tertiary/aromatic N) is 2. The second kappa shape index (κ2) is 6.07. The molecule has 3 aliphatic rings. The number of rotatable bonds is 2. The third kappa shape index (κ3) is 2.74. The lowest BCUT2D eigenvalue weighted by Gasteiger charge is -2.31. The van der Waals surface area contributed by atoms with Crippen molar-refractivity contribution >= 4 is 11.8 Å². The fraction of sp³-hybridized carbons (Fsp3) is 0.611. The van der Waals surface area contributed by atoms with Gasteiger partial charge in [-0.15, -0.1) is 0 Å². The predicted molar refractivity (Wildman–Crippen MR) is 88.3 cm³/mol. The van der Waals surface area contributed by atoms with E-state index in [1.807, 2.05) is 9.80 Å². The first-order valence-electron chi connectivity index (χ1n) is 8.90. The average molecular weight is 329 g/mol. The van der Waals surface area contributed by atoms with Gasteiger partial charge in [0.2, 0.25) is 17.4 Å². The maximum absolute atomic E-state index is 12.9. The van der Waals surface area contributed by atoms with Crippen molar-refractivity contribution in [1.82, 2.24) is 14.8 Å². The van der Waals surface area contributed by atoms with Crippen molar-refractivity contribution in [2.24, 2.45) is 5.92 Å². The number of hydrogen-bond acceptors (Lipinski definition) is 3. The first kappa shape index (κ1) is 15.4. The van der Waals surface area contributed by atoms with Gasteiger partial charge in [0.1, 0.15) is 0 Å². The lowest BCUT2D eigenvalue weighted by Crippen LogP contribution is -2.41. The van der Waals surface area contributed by atoms with Gasteiger partial charge in [0.15, 0.2) is 0 Å². The first-order chi connectivity index (χ1) is 11.6. The first-order valence-corrected chi connectivity index (χ1v) is 8.90. The molecular weight excluding hydrogens is 306 g/mol. The van der Waals surface area contributed by atoms with Crippen molar-refractivity contribution in [2.75, 3.05) is 13.1 Å². The van der Waals surface area contributed by atoms with Crippen LogP contribution in [0.4, 0.5) is 0 Å². The maximum Gasteiger partial charge on any atom is 0.248 e. The predicted octanol–water partition coefficient (Wildman–Crippen LogP) is 1.05. The average Bonchev–Trinajstić information content (AvgIpc) is 3.23. The number of nitrogens with one attached hydrogen (secondary N) is 1. The molecule has 2 fully saturated rings. The Balaban J connectivity index is 1.44. The summed E-state index contributed by atoms with van der Waals surface area (Å²) in [5.74, 6) is 0.0186. The molecule has 1 aliphatic carbocycles. The number of aromatic amines is 1. The van der Waals surface area contributed by atoms with Crippen LogP contribution in [-0.4, -0.2) is 45.7 Å². The Hall–Kier alpha value is -2.11. The number of amides is 2. The van der Waals surface area contributed by atoms with Crippen LogP contribution in [-0.2, 0) is 22.6 Å². The molecule has 6 heteroatoms. The summed E-state index contributed by atoms with van der Waals surface area (Å²) < 4.78 is 0. The molecule has 2 aliphatic heterocycles. The molecule has 1 atom stereocenters. The molecule has 0 radical (unpaired) electrons. The molecule has 6 nitrogen and oxygen atoms in total. The molecule has 1 saturated carbocycles. The molecule has 24 heavy (non-hydrogen) atoms. The summed E-state index contributed by atoms with van der Waals surface area (Å²) >= 11 is 0. The quantitative estimate of drug-likeness (QED) is 0.881. The number of hydrogen-bond donors (Lipinski definition) is 1. The van der Waals surface area contributed by atoms with E-state index in [2.05, 4.69) is 4.98 Å². The number of aromatic nitrogens is 1. The molecule has 3 heterocycles. The van der Waals surface area contributed by atoms with Crippen LogP contribution in [0.25, 0.3) is 0 Å². The van der Waals surface area contributed by atoms with E-state index in [1.165, 1.54) is 12.8 Å². The van der Waals surface area contributed by atoms with Crippen LogP contribution in [0.1, 0.15) is 43.2 Å². The highest BCUT2D eigenvalue weighted by molar-refractivity contribution is 5.89. The van der Waals surface area contributed by atoms with Crippen LogP contribution < -0.4 is 5.56 Å². The molecule has 0 spiro atoms. The molecule has 4 rings (SSSR count). The topological polar surface area (TPSA) is 73.5 Å². The van der Waals surface area contributed by atoms with Gasteiger partial charge < -0.3 is 14.8 Å². The fourth-order valence-electron chi connectivity index (χ4n) is 4.38. The van der Waals surface area contributed by atoms with Crippen LogP contribution >= 0.6 is 0 Å². The van der Waals surface area contributed by atoms with Crippen molar-refractivity contribution in [1.29, 1.82) is 0 Å². The minimum Gasteiger partial charge on any atom is -0.339 e. The standard InChI is InChI=1S/C18H23N3O3/c22-16-7-12-5-6-20(10-14(12)9-19-16)18(24)13-8-17(23)21(11-13)15-3-1-2-4-15/h7,9,13,15H,1-6,8,10-11H2,(H,19,22). The largest absolute Gasteiger partial charge is 0.339 e. The number of fused-ring (bicyclic) bond motifs is 1. The van der Waals surface area contributed by atoms with Crippen molar-refractivity contribution in [3.8, 4) is 0 Å². The number of carbonyl (C=O) groups is 2. The van der Waals surface area contributed by atoms with E-state index in [0.717, 1.165) is 24.0 Å². The van der Waals surface area contributed by atoms with Crippen molar-refractivity contribution in [3.63, 3.8) is 0 Å². The van der Waals surface area contributed by atoms with Crippen LogP contribution in [0.15, 0.2) is 17.1 Å². The molecule has 1 aromatic heterocycles. The summed E-state index contributed by atoms with van der Waals surface area (Å²) in [6.45, 7) is 1.74. The van der Waals surface area contributed by atoms with Crippen LogP contribution in [0.5, 0.6) is 0 Å². The Morgan fingerprint density at radius 2 is 1.96 bits per heavy atom. The molecular formula is C18H23N3O3. The second-order valence-corrected chi connectivity index (χ2v) is 7.24. The second-order valence-electron chi connectivity index (χ2n) is 7.24. The van der Waals surface area contributed by atoms with E-state index in [0.29, 0.717) is 38.5 Å². The zero-order valence-electron chi connectivity index (χ0n) is 13.8. The van der Waals surface area contributed by atoms with E-state index in [4.69, 9.17) is 0 Å². The maximum atomic E-state index is 12.9. The van der Waals surface area contributed by atoms with Gasteiger partial charge >= 0.3 is 0 Å². The summed E-state index contributed by atoms with van der Waals surface area (Å²) in [6, 6.07) is 1.97. The van der Waals surface area contributed by atoms with E-state index >= 15 is 0 Å². The third-order valence-electron chi connectivity index (χ3n) is 5.70. The van der Waals surface area contributed by atoms with E-state index in [9.17, 15) is 14.4 Å². The summed E-state index contributed by atoms with van der Waals surface area (Å²) in [7, 11) is 0. The van der Waals surface area contributed by atoms with Gasteiger partial charge in [0.05, 0.1) is 5.92 Å². The zero-order valence-corrected chi connectivity index (χ0v) is 13.8.